The van der Waals surface area contributed by atoms with Gasteiger partial charge in [-0.25, -0.2) is 0 Å². The van der Waals surface area contributed by atoms with E-state index in [1.807, 2.05) is 26.1 Å². The molecule has 0 radical (unpaired) electrons. The Morgan fingerprint density at radius 3 is 2.57 bits per heavy atom. The van der Waals surface area contributed by atoms with Gasteiger partial charge in [-0.2, -0.15) is 0 Å². The normalized spacial score (nSPS) is 17.6. The molecule has 0 aromatic heterocycles. The summed E-state index contributed by atoms with van der Waals surface area (Å²) >= 11 is 0. The first-order valence-corrected chi connectivity index (χ1v) is 7.24. The molecule has 1 unspecified atom stereocenters. The molecule has 1 aliphatic heterocycles. The van der Waals surface area contributed by atoms with E-state index in [1.54, 1.807) is 19.1 Å². The zero-order valence-electron chi connectivity index (χ0n) is 13.2. The summed E-state index contributed by atoms with van der Waals surface area (Å²) in [5.74, 6) is 1.72. The Morgan fingerprint density at radius 1 is 1.33 bits per heavy atom. The third-order valence-corrected chi connectivity index (χ3v) is 4.04. The van der Waals surface area contributed by atoms with E-state index >= 15 is 0 Å². The molecule has 2 rings (SSSR count). The zero-order chi connectivity index (χ0) is 15.4. The highest BCUT2D eigenvalue weighted by Crippen LogP contribution is 2.30. The summed E-state index contributed by atoms with van der Waals surface area (Å²) in [6.07, 6.45) is 0.925. The van der Waals surface area contributed by atoms with Crippen LogP contribution in [-0.2, 0) is 11.3 Å². The second-order valence-electron chi connectivity index (χ2n) is 5.52. The van der Waals surface area contributed by atoms with Gasteiger partial charge in [-0.3, -0.25) is 4.79 Å². The van der Waals surface area contributed by atoms with Gasteiger partial charge in [-0.05, 0) is 43.1 Å². The summed E-state index contributed by atoms with van der Waals surface area (Å²) in [7, 11) is 5.10. The number of benzene rings is 1. The van der Waals surface area contributed by atoms with Gasteiger partial charge in [0.05, 0.1) is 20.1 Å². The molecule has 1 aromatic carbocycles. The summed E-state index contributed by atoms with van der Waals surface area (Å²) in [6.45, 7) is 4.32. The molecule has 1 amide bonds. The Hall–Kier alpha value is -1.75. The van der Waals surface area contributed by atoms with E-state index in [-0.39, 0.29) is 11.8 Å². The second-order valence-corrected chi connectivity index (χ2v) is 5.52. The minimum absolute atomic E-state index is 0.107. The van der Waals surface area contributed by atoms with Crippen molar-refractivity contribution >= 4 is 5.91 Å². The van der Waals surface area contributed by atoms with E-state index in [0.29, 0.717) is 18.0 Å². The smallest absolute Gasteiger partial charge is 0.227 e. The van der Waals surface area contributed by atoms with E-state index in [1.165, 1.54) is 0 Å². The topological polar surface area (TPSA) is 50.8 Å². The molecule has 1 aliphatic rings. The minimum Gasteiger partial charge on any atom is -0.493 e. The van der Waals surface area contributed by atoms with E-state index in [4.69, 9.17) is 9.47 Å². The number of amides is 1. The monoisotopic (exact) mass is 292 g/mol. The van der Waals surface area contributed by atoms with E-state index in [0.717, 1.165) is 30.6 Å². The molecular weight excluding hydrogens is 268 g/mol. The number of carbonyl (C=O) groups is 1. The van der Waals surface area contributed by atoms with Gasteiger partial charge in [-0.1, -0.05) is 0 Å². The van der Waals surface area contributed by atoms with Crippen molar-refractivity contribution in [3.05, 3.63) is 23.3 Å². The average Bonchev–Trinajstić information content (AvgIpc) is 3.02. The van der Waals surface area contributed by atoms with Crippen molar-refractivity contribution < 1.29 is 14.3 Å². The van der Waals surface area contributed by atoms with E-state index < -0.39 is 0 Å². The van der Waals surface area contributed by atoms with Crippen LogP contribution >= 0.6 is 0 Å². The largest absolute Gasteiger partial charge is 0.493 e. The Morgan fingerprint density at radius 2 is 2.00 bits per heavy atom. The Bertz CT molecular complexity index is 510. The maximum absolute atomic E-state index is 12.4. The number of aryl methyl sites for hydroxylation is 1. The summed E-state index contributed by atoms with van der Waals surface area (Å²) in [4.78, 5) is 14.2. The van der Waals surface area contributed by atoms with Crippen LogP contribution < -0.4 is 14.8 Å². The predicted molar refractivity (Wildman–Crippen MR) is 81.7 cm³/mol. The van der Waals surface area contributed by atoms with Crippen molar-refractivity contribution in [3.8, 4) is 11.5 Å². The van der Waals surface area contributed by atoms with Gasteiger partial charge in [0.1, 0.15) is 0 Å². The van der Waals surface area contributed by atoms with E-state index in [2.05, 4.69) is 5.32 Å². The van der Waals surface area contributed by atoms with Crippen LogP contribution in [0, 0.1) is 12.8 Å². The van der Waals surface area contributed by atoms with Crippen molar-refractivity contribution in [2.24, 2.45) is 5.92 Å². The van der Waals surface area contributed by atoms with Gasteiger partial charge in [-0.15, -0.1) is 0 Å². The number of nitrogens with zero attached hydrogens (tertiary/aromatic N) is 1. The van der Waals surface area contributed by atoms with Crippen molar-refractivity contribution in [2.45, 2.75) is 19.9 Å². The van der Waals surface area contributed by atoms with Crippen molar-refractivity contribution in [1.29, 1.82) is 0 Å². The number of ether oxygens (including phenoxy) is 2. The number of nitrogens with one attached hydrogen (secondary N) is 1. The molecule has 21 heavy (non-hydrogen) atoms. The molecular formula is C16H24N2O3. The van der Waals surface area contributed by atoms with Crippen LogP contribution in [0.25, 0.3) is 0 Å². The van der Waals surface area contributed by atoms with Crippen LogP contribution in [-0.4, -0.2) is 45.2 Å². The standard InChI is InChI=1S/C16H24N2O3/c1-11-7-14(20-3)15(21-4)8-13(11)10-18(2)16(19)12-5-6-17-9-12/h7-8,12,17H,5-6,9-10H2,1-4H3. The van der Waals surface area contributed by atoms with Gasteiger partial charge in [0.25, 0.3) is 0 Å². The lowest BCUT2D eigenvalue weighted by Gasteiger charge is -2.22. The first-order chi connectivity index (χ1) is 10.1. The molecule has 1 N–H and O–H groups in total. The van der Waals surface area contributed by atoms with Crippen LogP contribution in [0.3, 0.4) is 0 Å². The molecule has 1 heterocycles. The fraction of sp³-hybridized carbons (Fsp3) is 0.562. The van der Waals surface area contributed by atoms with Crippen molar-refractivity contribution in [1.82, 2.24) is 10.2 Å². The number of carbonyl (C=O) groups excluding carboxylic acids is 1. The number of methoxy groups -OCH3 is 2. The Balaban J connectivity index is 2.12. The molecule has 5 heteroatoms. The van der Waals surface area contributed by atoms with Crippen molar-refractivity contribution in [2.75, 3.05) is 34.4 Å². The minimum atomic E-state index is 0.107. The number of rotatable bonds is 5. The maximum atomic E-state index is 12.4. The fourth-order valence-electron chi connectivity index (χ4n) is 2.70. The van der Waals surface area contributed by atoms with Crippen LogP contribution in [0.4, 0.5) is 0 Å². The summed E-state index contributed by atoms with van der Waals surface area (Å²) in [6, 6.07) is 3.90. The zero-order valence-corrected chi connectivity index (χ0v) is 13.2. The lowest BCUT2D eigenvalue weighted by Crippen LogP contribution is -2.33. The molecule has 1 aromatic rings. The summed E-state index contributed by atoms with van der Waals surface area (Å²) in [5, 5.41) is 3.23. The molecule has 0 bridgehead atoms. The molecule has 1 saturated heterocycles. The first kappa shape index (κ1) is 15.6. The van der Waals surface area contributed by atoms with Crippen molar-refractivity contribution in [3.63, 3.8) is 0 Å². The van der Waals surface area contributed by atoms with Crippen LogP contribution in [0.5, 0.6) is 11.5 Å². The molecule has 1 atom stereocenters. The number of hydrogen-bond acceptors (Lipinski definition) is 4. The molecule has 0 saturated carbocycles. The van der Waals surface area contributed by atoms with Crippen LogP contribution in [0.15, 0.2) is 12.1 Å². The Kier molecular flexibility index (Phi) is 5.07. The highest BCUT2D eigenvalue weighted by atomic mass is 16.5. The molecule has 0 spiro atoms. The lowest BCUT2D eigenvalue weighted by molar-refractivity contribution is -0.134. The predicted octanol–water partition coefficient (Wildman–Crippen LogP) is 1.58. The molecule has 1 fully saturated rings. The quantitative estimate of drug-likeness (QED) is 0.895. The first-order valence-electron chi connectivity index (χ1n) is 7.24. The lowest BCUT2D eigenvalue weighted by atomic mass is 10.0. The highest BCUT2D eigenvalue weighted by Gasteiger charge is 2.25. The van der Waals surface area contributed by atoms with E-state index in [9.17, 15) is 4.79 Å². The van der Waals surface area contributed by atoms with Gasteiger partial charge in [0, 0.05) is 20.1 Å². The van der Waals surface area contributed by atoms with Gasteiger partial charge in [0.15, 0.2) is 11.5 Å². The van der Waals surface area contributed by atoms with Gasteiger partial charge < -0.3 is 19.7 Å². The summed E-state index contributed by atoms with van der Waals surface area (Å²) < 4.78 is 10.6. The number of hydrogen-bond donors (Lipinski definition) is 1. The maximum Gasteiger partial charge on any atom is 0.227 e. The SMILES string of the molecule is COc1cc(C)c(CN(C)C(=O)C2CCNC2)cc1OC. The highest BCUT2D eigenvalue weighted by molar-refractivity contribution is 5.79. The molecule has 0 aliphatic carbocycles. The third-order valence-electron chi connectivity index (χ3n) is 4.04. The molecule has 116 valence electrons. The van der Waals surface area contributed by atoms with Gasteiger partial charge >= 0.3 is 0 Å². The van der Waals surface area contributed by atoms with Crippen LogP contribution in [0.2, 0.25) is 0 Å². The Labute approximate surface area is 126 Å². The van der Waals surface area contributed by atoms with Crippen LogP contribution in [0.1, 0.15) is 17.5 Å². The summed E-state index contributed by atoms with van der Waals surface area (Å²) in [5.41, 5.74) is 2.17. The average molecular weight is 292 g/mol. The third kappa shape index (κ3) is 3.47. The fourth-order valence-corrected chi connectivity index (χ4v) is 2.70. The van der Waals surface area contributed by atoms with Gasteiger partial charge in [0.2, 0.25) is 5.91 Å². The second kappa shape index (κ2) is 6.80. The molecule has 5 nitrogen and oxygen atoms in total.